The highest BCUT2D eigenvalue weighted by atomic mass is 16.5. The fraction of sp³-hybridized carbons (Fsp3) is 0.316. The molecule has 0 unspecified atom stereocenters. The van der Waals surface area contributed by atoms with E-state index in [9.17, 15) is 0 Å². The molecule has 154 valence electrons. The Kier molecular flexibility index (Phi) is 4.64. The molecule has 1 aliphatic heterocycles. The Labute approximate surface area is 172 Å². The second kappa shape index (κ2) is 7.59. The molecule has 5 rings (SSSR count). The van der Waals surface area contributed by atoms with Crippen LogP contribution in [0.5, 0.6) is 0 Å². The summed E-state index contributed by atoms with van der Waals surface area (Å²) in [7, 11) is 1.83. The summed E-state index contributed by atoms with van der Waals surface area (Å²) < 4.78 is 7.30. The van der Waals surface area contributed by atoms with Crippen molar-refractivity contribution in [1.29, 1.82) is 0 Å². The highest BCUT2D eigenvalue weighted by molar-refractivity contribution is 5.78. The fourth-order valence-electron chi connectivity index (χ4n) is 3.47. The lowest BCUT2D eigenvalue weighted by Gasteiger charge is -2.27. The molecule has 0 atom stereocenters. The maximum absolute atomic E-state index is 5.47. The molecular formula is C19H22N10O. The zero-order chi connectivity index (χ0) is 20.5. The van der Waals surface area contributed by atoms with Crippen molar-refractivity contribution in [3.05, 3.63) is 36.3 Å². The van der Waals surface area contributed by atoms with Gasteiger partial charge in [-0.15, -0.1) is 5.10 Å². The smallest absolute Gasteiger partial charge is 0.162 e. The minimum Gasteiger partial charge on any atom is -0.378 e. The van der Waals surface area contributed by atoms with Crippen molar-refractivity contribution in [2.45, 2.75) is 6.92 Å². The van der Waals surface area contributed by atoms with Crippen LogP contribution < -0.4 is 15.5 Å². The van der Waals surface area contributed by atoms with E-state index in [1.54, 1.807) is 6.20 Å². The fourth-order valence-corrected chi connectivity index (χ4v) is 3.47. The van der Waals surface area contributed by atoms with Gasteiger partial charge in [0, 0.05) is 32.3 Å². The zero-order valence-corrected chi connectivity index (χ0v) is 16.8. The Morgan fingerprint density at radius 1 is 1.10 bits per heavy atom. The first kappa shape index (κ1) is 18.3. The quantitative estimate of drug-likeness (QED) is 0.456. The number of aryl methyl sites for hydroxylation is 1. The standard InChI is InChI=1S/C19H22N10O/c1-12-22-13(11-15(20-2)23-12)18-19(24-14-5-6-21-26-14)25-16-3-4-17(27-29(16)18)28-7-9-30-10-8-28/h3-6,11H,7-10H2,1-2H3,(H,20,22,23)(H2,21,24,26). The second-order valence-electron chi connectivity index (χ2n) is 6.90. The van der Waals surface area contributed by atoms with Gasteiger partial charge < -0.3 is 20.3 Å². The molecule has 0 aromatic carbocycles. The van der Waals surface area contributed by atoms with Gasteiger partial charge in [-0.2, -0.15) is 5.10 Å². The molecule has 0 bridgehead atoms. The van der Waals surface area contributed by atoms with Crippen molar-refractivity contribution in [1.82, 2.24) is 34.8 Å². The van der Waals surface area contributed by atoms with Crippen LogP contribution in [0.1, 0.15) is 5.82 Å². The second-order valence-corrected chi connectivity index (χ2v) is 6.90. The largest absolute Gasteiger partial charge is 0.378 e. The van der Waals surface area contributed by atoms with E-state index in [1.807, 2.05) is 42.8 Å². The number of anilines is 4. The molecule has 5 heterocycles. The van der Waals surface area contributed by atoms with Gasteiger partial charge in [0.25, 0.3) is 0 Å². The Morgan fingerprint density at radius 2 is 1.97 bits per heavy atom. The average Bonchev–Trinajstić information content (AvgIpc) is 3.41. The minimum absolute atomic E-state index is 0.631. The van der Waals surface area contributed by atoms with E-state index in [4.69, 9.17) is 14.8 Å². The Hall–Kier alpha value is -3.73. The van der Waals surface area contributed by atoms with Gasteiger partial charge in [0.1, 0.15) is 29.0 Å². The SMILES string of the molecule is CNc1cc(-c2c(Nc3ccn[nH]3)nc3ccc(N4CCOCC4)nn23)nc(C)n1. The molecule has 11 heteroatoms. The molecular weight excluding hydrogens is 384 g/mol. The van der Waals surface area contributed by atoms with Crippen LogP contribution in [-0.2, 0) is 4.74 Å². The number of hydrogen-bond donors (Lipinski definition) is 3. The van der Waals surface area contributed by atoms with Crippen LogP contribution in [0.2, 0.25) is 0 Å². The topological polar surface area (TPSA) is 121 Å². The molecule has 1 fully saturated rings. The number of ether oxygens (including phenoxy) is 1. The maximum Gasteiger partial charge on any atom is 0.162 e. The lowest BCUT2D eigenvalue weighted by atomic mass is 10.2. The van der Waals surface area contributed by atoms with Gasteiger partial charge in [-0.05, 0) is 19.1 Å². The van der Waals surface area contributed by atoms with Crippen molar-refractivity contribution in [3.63, 3.8) is 0 Å². The van der Waals surface area contributed by atoms with Crippen LogP contribution in [0.4, 0.5) is 23.3 Å². The van der Waals surface area contributed by atoms with Gasteiger partial charge in [0.05, 0.1) is 25.1 Å². The molecule has 4 aromatic heterocycles. The molecule has 0 spiro atoms. The maximum atomic E-state index is 5.47. The molecule has 0 amide bonds. The third-order valence-electron chi connectivity index (χ3n) is 4.89. The van der Waals surface area contributed by atoms with Crippen LogP contribution in [0.25, 0.3) is 17.0 Å². The van der Waals surface area contributed by atoms with Crippen molar-refractivity contribution < 1.29 is 4.74 Å². The summed E-state index contributed by atoms with van der Waals surface area (Å²) in [5.74, 6) is 3.61. The number of fused-ring (bicyclic) bond motifs is 1. The van der Waals surface area contributed by atoms with E-state index >= 15 is 0 Å². The van der Waals surface area contributed by atoms with Crippen molar-refractivity contribution in [2.75, 3.05) is 48.9 Å². The Morgan fingerprint density at radius 3 is 2.73 bits per heavy atom. The molecule has 4 aromatic rings. The molecule has 0 aliphatic carbocycles. The molecule has 0 saturated carbocycles. The van der Waals surface area contributed by atoms with Crippen molar-refractivity contribution >= 4 is 28.9 Å². The van der Waals surface area contributed by atoms with Crippen LogP contribution in [0.3, 0.4) is 0 Å². The Bertz CT molecular complexity index is 1160. The zero-order valence-electron chi connectivity index (χ0n) is 16.8. The number of rotatable bonds is 5. The number of aromatic nitrogens is 7. The van der Waals surface area contributed by atoms with Gasteiger partial charge in [-0.3, -0.25) is 5.10 Å². The number of nitrogens with one attached hydrogen (secondary N) is 3. The minimum atomic E-state index is 0.631. The van der Waals surface area contributed by atoms with Crippen LogP contribution in [-0.4, -0.2) is 68.1 Å². The predicted molar refractivity (Wildman–Crippen MR) is 113 cm³/mol. The molecule has 1 saturated heterocycles. The summed E-state index contributed by atoms with van der Waals surface area (Å²) >= 11 is 0. The van der Waals surface area contributed by atoms with Gasteiger partial charge in [0.15, 0.2) is 11.5 Å². The summed E-state index contributed by atoms with van der Waals surface area (Å²) in [4.78, 5) is 16.0. The van der Waals surface area contributed by atoms with Gasteiger partial charge >= 0.3 is 0 Å². The van der Waals surface area contributed by atoms with E-state index in [0.29, 0.717) is 36.2 Å². The molecule has 3 N–H and O–H groups in total. The number of aromatic amines is 1. The third-order valence-corrected chi connectivity index (χ3v) is 4.89. The van der Waals surface area contributed by atoms with Crippen molar-refractivity contribution in [3.8, 4) is 11.4 Å². The first-order valence-corrected chi connectivity index (χ1v) is 9.74. The van der Waals surface area contributed by atoms with Gasteiger partial charge in [0.2, 0.25) is 0 Å². The van der Waals surface area contributed by atoms with Crippen LogP contribution in [0, 0.1) is 6.92 Å². The third kappa shape index (κ3) is 3.39. The van der Waals surface area contributed by atoms with E-state index in [-0.39, 0.29) is 0 Å². The predicted octanol–water partition coefficient (Wildman–Crippen LogP) is 1.84. The molecule has 1 aliphatic rings. The highest BCUT2D eigenvalue weighted by Crippen LogP contribution is 2.31. The summed E-state index contributed by atoms with van der Waals surface area (Å²) in [5.41, 5.74) is 2.18. The number of H-pyrrole nitrogens is 1. The lowest BCUT2D eigenvalue weighted by Crippen LogP contribution is -2.37. The lowest BCUT2D eigenvalue weighted by molar-refractivity contribution is 0.122. The molecule has 11 nitrogen and oxygen atoms in total. The van der Waals surface area contributed by atoms with Gasteiger partial charge in [-0.1, -0.05) is 0 Å². The summed E-state index contributed by atoms with van der Waals surface area (Å²) in [6.07, 6.45) is 1.68. The average molecular weight is 406 g/mol. The van der Waals surface area contributed by atoms with Crippen LogP contribution >= 0.6 is 0 Å². The van der Waals surface area contributed by atoms with Crippen LogP contribution in [0.15, 0.2) is 30.5 Å². The van der Waals surface area contributed by atoms with Crippen molar-refractivity contribution in [2.24, 2.45) is 0 Å². The number of hydrogen-bond acceptors (Lipinski definition) is 9. The first-order valence-electron chi connectivity index (χ1n) is 9.74. The number of imidazole rings is 1. The normalized spacial score (nSPS) is 14.3. The molecule has 30 heavy (non-hydrogen) atoms. The summed E-state index contributed by atoms with van der Waals surface area (Å²) in [6.45, 7) is 4.86. The van der Waals surface area contributed by atoms with E-state index < -0.39 is 0 Å². The van der Waals surface area contributed by atoms with Gasteiger partial charge in [-0.25, -0.2) is 19.5 Å². The van der Waals surface area contributed by atoms with E-state index in [2.05, 4.69) is 35.7 Å². The number of morpholine rings is 1. The van der Waals surface area contributed by atoms with E-state index in [0.717, 1.165) is 36.2 Å². The Balaban J connectivity index is 1.68. The molecule has 0 radical (unpaired) electrons. The first-order chi connectivity index (χ1) is 14.7. The summed E-state index contributed by atoms with van der Waals surface area (Å²) in [5, 5.41) is 18.2. The monoisotopic (exact) mass is 406 g/mol. The highest BCUT2D eigenvalue weighted by Gasteiger charge is 2.21. The van der Waals surface area contributed by atoms with E-state index in [1.165, 1.54) is 0 Å². The number of nitrogens with zero attached hydrogens (tertiary/aromatic N) is 7. The summed E-state index contributed by atoms with van der Waals surface area (Å²) in [6, 6.07) is 7.68.